The largest absolute Gasteiger partial charge is 0.361 e. The molecule has 0 radical (unpaired) electrons. The summed E-state index contributed by atoms with van der Waals surface area (Å²) in [5.74, 6) is -0.405. The molecule has 2 heterocycles. The molecule has 28 heavy (non-hydrogen) atoms. The van der Waals surface area contributed by atoms with Crippen LogP contribution in [0, 0.1) is 0 Å². The van der Waals surface area contributed by atoms with Crippen LogP contribution in [0.2, 0.25) is 0 Å². The molecule has 0 unspecified atom stereocenters. The molecule has 2 aromatic carbocycles. The van der Waals surface area contributed by atoms with Crippen LogP contribution in [-0.2, 0) is 11.3 Å². The highest BCUT2D eigenvalue weighted by atomic mass is 16.2. The standard InChI is InChI=1S/C22H20N4O2/c27-20(24-14-17-10-6-7-13-23-17)15-26-21(16-8-2-1-3-9-16)25-19-12-5-4-11-18(19)22(26)28/h1-13,21,25H,14-15H2,(H,24,27)/t21-/m0/s1. The first kappa shape index (κ1) is 17.7. The smallest absolute Gasteiger partial charge is 0.258 e. The minimum absolute atomic E-state index is 0.0490. The average Bonchev–Trinajstić information content (AvgIpc) is 2.75. The van der Waals surface area contributed by atoms with Crippen LogP contribution in [0.15, 0.2) is 79.0 Å². The van der Waals surface area contributed by atoms with Crippen molar-refractivity contribution in [2.75, 3.05) is 11.9 Å². The Morgan fingerprint density at radius 1 is 1.00 bits per heavy atom. The second-order valence-electron chi connectivity index (χ2n) is 6.53. The van der Waals surface area contributed by atoms with Crippen molar-refractivity contribution in [3.05, 3.63) is 95.8 Å². The van der Waals surface area contributed by atoms with Gasteiger partial charge in [-0.15, -0.1) is 0 Å². The summed E-state index contributed by atoms with van der Waals surface area (Å²) in [5, 5.41) is 6.23. The minimum atomic E-state index is -0.413. The first-order valence-electron chi connectivity index (χ1n) is 9.10. The third-order valence-electron chi connectivity index (χ3n) is 4.64. The molecule has 2 N–H and O–H groups in total. The summed E-state index contributed by atoms with van der Waals surface area (Å²) in [6.07, 6.45) is 1.27. The first-order chi connectivity index (χ1) is 13.7. The van der Waals surface area contributed by atoms with Crippen LogP contribution in [0.4, 0.5) is 5.69 Å². The quantitative estimate of drug-likeness (QED) is 0.722. The number of benzene rings is 2. The van der Waals surface area contributed by atoms with Gasteiger partial charge >= 0.3 is 0 Å². The van der Waals surface area contributed by atoms with Gasteiger partial charge in [-0.25, -0.2) is 0 Å². The monoisotopic (exact) mass is 372 g/mol. The summed E-state index contributed by atoms with van der Waals surface area (Å²) < 4.78 is 0. The minimum Gasteiger partial charge on any atom is -0.361 e. The molecule has 0 aliphatic carbocycles. The fourth-order valence-corrected chi connectivity index (χ4v) is 3.26. The molecule has 1 aromatic heterocycles. The van der Waals surface area contributed by atoms with E-state index in [2.05, 4.69) is 15.6 Å². The fraction of sp³-hybridized carbons (Fsp3) is 0.136. The predicted molar refractivity (Wildman–Crippen MR) is 106 cm³/mol. The van der Waals surface area contributed by atoms with E-state index in [1.807, 2.05) is 66.7 Å². The number of aromatic nitrogens is 1. The Bertz CT molecular complexity index is 976. The lowest BCUT2D eigenvalue weighted by atomic mass is 10.0. The number of hydrogen-bond donors (Lipinski definition) is 2. The highest BCUT2D eigenvalue weighted by molar-refractivity contribution is 6.03. The summed E-state index contributed by atoms with van der Waals surface area (Å²) in [7, 11) is 0. The molecule has 6 nitrogen and oxygen atoms in total. The van der Waals surface area contributed by atoms with E-state index in [1.165, 1.54) is 0 Å². The van der Waals surface area contributed by atoms with Gasteiger partial charge in [-0.3, -0.25) is 14.6 Å². The number of nitrogens with one attached hydrogen (secondary N) is 2. The van der Waals surface area contributed by atoms with Crippen molar-refractivity contribution in [2.45, 2.75) is 12.7 Å². The van der Waals surface area contributed by atoms with E-state index >= 15 is 0 Å². The number of para-hydroxylation sites is 1. The van der Waals surface area contributed by atoms with Crippen molar-refractivity contribution in [2.24, 2.45) is 0 Å². The lowest BCUT2D eigenvalue weighted by Gasteiger charge is -2.37. The van der Waals surface area contributed by atoms with Gasteiger partial charge in [0.15, 0.2) is 0 Å². The number of carbonyl (C=O) groups excluding carboxylic acids is 2. The van der Waals surface area contributed by atoms with Crippen LogP contribution in [0.25, 0.3) is 0 Å². The molecule has 0 bridgehead atoms. The number of fused-ring (bicyclic) bond motifs is 1. The van der Waals surface area contributed by atoms with Crippen LogP contribution < -0.4 is 10.6 Å². The molecule has 0 saturated carbocycles. The zero-order valence-electron chi connectivity index (χ0n) is 15.2. The topological polar surface area (TPSA) is 74.3 Å². The number of nitrogens with zero attached hydrogens (tertiary/aromatic N) is 2. The van der Waals surface area contributed by atoms with E-state index in [0.717, 1.165) is 16.9 Å². The van der Waals surface area contributed by atoms with E-state index in [4.69, 9.17) is 0 Å². The highest BCUT2D eigenvalue weighted by Gasteiger charge is 2.33. The van der Waals surface area contributed by atoms with Crippen molar-refractivity contribution < 1.29 is 9.59 Å². The Balaban J connectivity index is 1.55. The normalized spacial score (nSPS) is 15.5. The molecular weight excluding hydrogens is 352 g/mol. The van der Waals surface area contributed by atoms with E-state index in [1.54, 1.807) is 17.2 Å². The lowest BCUT2D eigenvalue weighted by Crippen LogP contribution is -2.47. The molecule has 0 spiro atoms. The van der Waals surface area contributed by atoms with Gasteiger partial charge in [-0.05, 0) is 29.8 Å². The Kier molecular flexibility index (Phi) is 5.01. The Hall–Kier alpha value is -3.67. The molecule has 4 rings (SSSR count). The second kappa shape index (κ2) is 7.92. The molecule has 1 aliphatic heterocycles. The number of amides is 2. The number of pyridine rings is 1. The average molecular weight is 372 g/mol. The lowest BCUT2D eigenvalue weighted by molar-refractivity contribution is -0.122. The summed E-state index contributed by atoms with van der Waals surface area (Å²) in [6.45, 7) is 0.272. The van der Waals surface area contributed by atoms with Crippen molar-refractivity contribution in [1.29, 1.82) is 0 Å². The van der Waals surface area contributed by atoms with Crippen LogP contribution in [0.3, 0.4) is 0 Å². The zero-order valence-corrected chi connectivity index (χ0v) is 15.2. The van der Waals surface area contributed by atoms with Crippen molar-refractivity contribution in [3.63, 3.8) is 0 Å². The Labute approximate surface area is 163 Å². The van der Waals surface area contributed by atoms with E-state index < -0.39 is 6.17 Å². The molecule has 140 valence electrons. The maximum Gasteiger partial charge on any atom is 0.258 e. The number of hydrogen-bond acceptors (Lipinski definition) is 4. The SMILES string of the molecule is O=C(CN1C(=O)c2ccccc2N[C@@H]1c1ccccc1)NCc1ccccn1. The maximum absolute atomic E-state index is 13.1. The third-order valence-corrected chi connectivity index (χ3v) is 4.64. The fourth-order valence-electron chi connectivity index (χ4n) is 3.26. The van der Waals surface area contributed by atoms with Crippen LogP contribution >= 0.6 is 0 Å². The van der Waals surface area contributed by atoms with Gasteiger partial charge in [0.2, 0.25) is 5.91 Å². The van der Waals surface area contributed by atoms with Crippen molar-refractivity contribution in [3.8, 4) is 0 Å². The Morgan fingerprint density at radius 3 is 2.54 bits per heavy atom. The van der Waals surface area contributed by atoms with Gasteiger partial charge in [-0.2, -0.15) is 0 Å². The van der Waals surface area contributed by atoms with Gasteiger partial charge in [-0.1, -0.05) is 48.5 Å². The van der Waals surface area contributed by atoms with E-state index in [-0.39, 0.29) is 18.4 Å². The molecule has 1 aliphatic rings. The molecular formula is C22H20N4O2. The third kappa shape index (κ3) is 3.71. The number of carbonyl (C=O) groups is 2. The first-order valence-corrected chi connectivity index (χ1v) is 9.10. The van der Waals surface area contributed by atoms with Gasteiger partial charge in [0, 0.05) is 11.9 Å². The van der Waals surface area contributed by atoms with E-state index in [9.17, 15) is 9.59 Å². The van der Waals surface area contributed by atoms with Crippen LogP contribution in [0.5, 0.6) is 0 Å². The van der Waals surface area contributed by atoms with Gasteiger partial charge < -0.3 is 15.5 Å². The van der Waals surface area contributed by atoms with Crippen LogP contribution in [0.1, 0.15) is 27.8 Å². The summed E-state index contributed by atoms with van der Waals surface area (Å²) in [5.41, 5.74) is 3.02. The molecule has 6 heteroatoms. The van der Waals surface area contributed by atoms with Gasteiger partial charge in [0.1, 0.15) is 12.7 Å². The van der Waals surface area contributed by atoms with Gasteiger partial charge in [0.25, 0.3) is 5.91 Å². The molecule has 2 amide bonds. The number of rotatable bonds is 5. The maximum atomic E-state index is 13.1. The summed E-state index contributed by atoms with van der Waals surface area (Å²) in [6, 6.07) is 22.5. The summed E-state index contributed by atoms with van der Waals surface area (Å²) >= 11 is 0. The second-order valence-corrected chi connectivity index (χ2v) is 6.53. The highest BCUT2D eigenvalue weighted by Crippen LogP contribution is 2.32. The molecule has 0 saturated heterocycles. The zero-order chi connectivity index (χ0) is 19.3. The van der Waals surface area contributed by atoms with Crippen molar-refractivity contribution in [1.82, 2.24) is 15.2 Å². The molecule has 3 aromatic rings. The van der Waals surface area contributed by atoms with Crippen LogP contribution in [-0.4, -0.2) is 28.2 Å². The molecule has 1 atom stereocenters. The Morgan fingerprint density at radius 2 is 1.75 bits per heavy atom. The van der Waals surface area contributed by atoms with Crippen molar-refractivity contribution >= 4 is 17.5 Å². The van der Waals surface area contributed by atoms with Gasteiger partial charge in [0.05, 0.1) is 17.8 Å². The predicted octanol–water partition coefficient (Wildman–Crippen LogP) is 2.96. The molecule has 0 fully saturated rings. The van der Waals surface area contributed by atoms with E-state index in [0.29, 0.717) is 12.1 Å². The summed E-state index contributed by atoms with van der Waals surface area (Å²) in [4.78, 5) is 31.4. The number of anilines is 1.